The molecule has 0 spiro atoms. The van der Waals surface area contributed by atoms with Crippen molar-refractivity contribution >= 4 is 0 Å². The van der Waals surface area contributed by atoms with Crippen LogP contribution in [0, 0.1) is 0 Å². The molecular weight excluding hydrogens is 288 g/mol. The lowest BCUT2D eigenvalue weighted by atomic mass is 10.0. The van der Waals surface area contributed by atoms with Gasteiger partial charge in [0, 0.05) is 18.9 Å². The Bertz CT molecular complexity index is 694. The Labute approximate surface area is 136 Å². The van der Waals surface area contributed by atoms with Crippen LogP contribution in [0.4, 0.5) is 0 Å². The number of aromatic nitrogens is 2. The molecule has 1 N–H and O–H groups in total. The average molecular weight is 308 g/mol. The Kier molecular flexibility index (Phi) is 5.06. The molecule has 0 fully saturated rings. The van der Waals surface area contributed by atoms with Crippen LogP contribution in [0.5, 0.6) is 11.5 Å². The van der Waals surface area contributed by atoms with Gasteiger partial charge in [0.2, 0.25) is 0 Å². The van der Waals surface area contributed by atoms with Gasteiger partial charge in [-0.1, -0.05) is 30.3 Å². The molecular formula is C19H20N2O2. The molecule has 118 valence electrons. The highest BCUT2D eigenvalue weighted by molar-refractivity contribution is 5.33. The molecule has 1 unspecified atom stereocenters. The SMILES string of the molecule is OC(CCCn1ccnc1)c1ccc(Oc2ccccc2)cc1. The number of rotatable bonds is 7. The molecule has 23 heavy (non-hydrogen) atoms. The number of aliphatic hydroxyl groups excluding tert-OH is 1. The van der Waals surface area contributed by atoms with Gasteiger partial charge in [-0.2, -0.15) is 0 Å². The summed E-state index contributed by atoms with van der Waals surface area (Å²) in [5, 5.41) is 10.3. The normalized spacial score (nSPS) is 12.0. The highest BCUT2D eigenvalue weighted by atomic mass is 16.5. The second-order valence-electron chi connectivity index (χ2n) is 5.44. The van der Waals surface area contributed by atoms with E-state index < -0.39 is 6.10 Å². The van der Waals surface area contributed by atoms with E-state index in [1.54, 1.807) is 12.5 Å². The fraction of sp³-hybridized carbons (Fsp3) is 0.211. The fourth-order valence-electron chi connectivity index (χ4n) is 2.44. The van der Waals surface area contributed by atoms with Crippen molar-refractivity contribution in [2.75, 3.05) is 0 Å². The fourth-order valence-corrected chi connectivity index (χ4v) is 2.44. The number of aryl methyl sites for hydroxylation is 1. The Morgan fingerprint density at radius 1 is 1.00 bits per heavy atom. The lowest BCUT2D eigenvalue weighted by Crippen LogP contribution is -2.01. The van der Waals surface area contributed by atoms with Crippen LogP contribution in [0.2, 0.25) is 0 Å². The number of para-hydroxylation sites is 1. The number of ether oxygens (including phenoxy) is 1. The Morgan fingerprint density at radius 3 is 2.43 bits per heavy atom. The molecule has 1 heterocycles. The van der Waals surface area contributed by atoms with Gasteiger partial charge < -0.3 is 14.4 Å². The lowest BCUT2D eigenvalue weighted by Gasteiger charge is -2.12. The maximum atomic E-state index is 10.3. The number of aliphatic hydroxyl groups is 1. The molecule has 0 saturated carbocycles. The third kappa shape index (κ3) is 4.44. The van der Waals surface area contributed by atoms with Gasteiger partial charge in [0.1, 0.15) is 11.5 Å². The van der Waals surface area contributed by atoms with Gasteiger partial charge in [-0.25, -0.2) is 4.98 Å². The minimum absolute atomic E-state index is 0.454. The number of hydrogen-bond acceptors (Lipinski definition) is 3. The largest absolute Gasteiger partial charge is 0.457 e. The van der Waals surface area contributed by atoms with Gasteiger partial charge in [0.25, 0.3) is 0 Å². The maximum Gasteiger partial charge on any atom is 0.127 e. The van der Waals surface area contributed by atoms with Crippen molar-refractivity contribution in [3.63, 3.8) is 0 Å². The third-order valence-corrected chi connectivity index (χ3v) is 3.70. The van der Waals surface area contributed by atoms with Crippen molar-refractivity contribution in [2.45, 2.75) is 25.5 Å². The van der Waals surface area contributed by atoms with Crippen LogP contribution in [0.3, 0.4) is 0 Å². The molecule has 4 heteroatoms. The smallest absolute Gasteiger partial charge is 0.127 e. The van der Waals surface area contributed by atoms with Gasteiger partial charge in [-0.3, -0.25) is 0 Å². The summed E-state index contributed by atoms with van der Waals surface area (Å²) in [5.74, 6) is 1.58. The molecule has 3 rings (SSSR count). The van der Waals surface area contributed by atoms with Crippen LogP contribution in [0.15, 0.2) is 73.3 Å². The van der Waals surface area contributed by atoms with E-state index in [-0.39, 0.29) is 0 Å². The van der Waals surface area contributed by atoms with Crippen LogP contribution >= 0.6 is 0 Å². The quantitative estimate of drug-likeness (QED) is 0.712. The standard InChI is InChI=1S/C19H20N2O2/c22-19(7-4-13-21-14-12-20-15-21)16-8-10-18(11-9-16)23-17-5-2-1-3-6-17/h1-3,5-6,8-12,14-15,19,22H,4,7,13H2. The molecule has 1 aromatic heterocycles. The van der Waals surface area contributed by atoms with Crippen molar-refractivity contribution in [1.29, 1.82) is 0 Å². The van der Waals surface area contributed by atoms with E-state index in [0.717, 1.165) is 36.4 Å². The van der Waals surface area contributed by atoms with E-state index in [9.17, 15) is 5.11 Å². The second-order valence-corrected chi connectivity index (χ2v) is 5.44. The molecule has 0 amide bonds. The van der Waals surface area contributed by atoms with Crippen molar-refractivity contribution in [2.24, 2.45) is 0 Å². The van der Waals surface area contributed by atoms with Gasteiger partial charge in [-0.15, -0.1) is 0 Å². The first-order chi connectivity index (χ1) is 11.3. The zero-order valence-electron chi connectivity index (χ0n) is 12.9. The summed E-state index contributed by atoms with van der Waals surface area (Å²) in [4.78, 5) is 4.01. The van der Waals surface area contributed by atoms with Gasteiger partial charge in [-0.05, 0) is 42.7 Å². The van der Waals surface area contributed by atoms with Gasteiger partial charge in [0.15, 0.2) is 0 Å². The summed E-state index contributed by atoms with van der Waals surface area (Å²) < 4.78 is 7.77. The Hall–Kier alpha value is -2.59. The molecule has 0 radical (unpaired) electrons. The van der Waals surface area contributed by atoms with E-state index in [1.807, 2.05) is 65.4 Å². The maximum absolute atomic E-state index is 10.3. The monoisotopic (exact) mass is 308 g/mol. The van der Waals surface area contributed by atoms with E-state index in [4.69, 9.17) is 4.74 Å². The number of hydrogen-bond donors (Lipinski definition) is 1. The average Bonchev–Trinajstić information content (AvgIpc) is 3.10. The molecule has 0 aliphatic carbocycles. The topological polar surface area (TPSA) is 47.3 Å². The van der Waals surface area contributed by atoms with Crippen molar-refractivity contribution < 1.29 is 9.84 Å². The van der Waals surface area contributed by atoms with Crippen LogP contribution in [-0.4, -0.2) is 14.7 Å². The predicted octanol–water partition coefficient (Wildman–Crippen LogP) is 4.19. The van der Waals surface area contributed by atoms with Crippen LogP contribution in [0.25, 0.3) is 0 Å². The minimum atomic E-state index is -0.454. The van der Waals surface area contributed by atoms with Crippen LogP contribution in [-0.2, 0) is 6.54 Å². The molecule has 4 nitrogen and oxygen atoms in total. The van der Waals surface area contributed by atoms with E-state index in [2.05, 4.69) is 4.98 Å². The summed E-state index contributed by atoms with van der Waals surface area (Å²) in [5.41, 5.74) is 0.913. The van der Waals surface area contributed by atoms with Crippen molar-refractivity contribution in [3.8, 4) is 11.5 Å². The van der Waals surface area contributed by atoms with E-state index in [0.29, 0.717) is 0 Å². The summed E-state index contributed by atoms with van der Waals surface area (Å²) in [6.07, 6.45) is 6.66. The highest BCUT2D eigenvalue weighted by Gasteiger charge is 2.08. The summed E-state index contributed by atoms with van der Waals surface area (Å²) in [6, 6.07) is 17.3. The van der Waals surface area contributed by atoms with Crippen molar-refractivity contribution in [3.05, 3.63) is 78.9 Å². The van der Waals surface area contributed by atoms with Crippen LogP contribution < -0.4 is 4.74 Å². The molecule has 0 aliphatic rings. The molecule has 0 bridgehead atoms. The number of nitrogens with zero attached hydrogens (tertiary/aromatic N) is 2. The third-order valence-electron chi connectivity index (χ3n) is 3.70. The van der Waals surface area contributed by atoms with E-state index in [1.165, 1.54) is 0 Å². The van der Waals surface area contributed by atoms with Crippen LogP contribution in [0.1, 0.15) is 24.5 Å². The number of imidazole rings is 1. The summed E-state index contributed by atoms with van der Waals surface area (Å²) in [6.45, 7) is 0.867. The first kappa shape index (κ1) is 15.3. The predicted molar refractivity (Wildman–Crippen MR) is 89.4 cm³/mol. The first-order valence-corrected chi connectivity index (χ1v) is 7.78. The second kappa shape index (κ2) is 7.61. The molecule has 0 saturated heterocycles. The number of benzene rings is 2. The Balaban J connectivity index is 1.51. The first-order valence-electron chi connectivity index (χ1n) is 7.78. The van der Waals surface area contributed by atoms with Gasteiger partial charge >= 0.3 is 0 Å². The minimum Gasteiger partial charge on any atom is -0.457 e. The van der Waals surface area contributed by atoms with Gasteiger partial charge in [0.05, 0.1) is 12.4 Å². The molecule has 1 atom stereocenters. The van der Waals surface area contributed by atoms with E-state index >= 15 is 0 Å². The molecule has 2 aromatic carbocycles. The highest BCUT2D eigenvalue weighted by Crippen LogP contribution is 2.25. The zero-order chi connectivity index (χ0) is 15.9. The lowest BCUT2D eigenvalue weighted by molar-refractivity contribution is 0.162. The zero-order valence-corrected chi connectivity index (χ0v) is 12.9. The molecule has 3 aromatic rings. The van der Waals surface area contributed by atoms with Crippen molar-refractivity contribution in [1.82, 2.24) is 9.55 Å². The summed E-state index contributed by atoms with van der Waals surface area (Å²) >= 11 is 0. The molecule has 0 aliphatic heterocycles. The Morgan fingerprint density at radius 2 is 1.74 bits per heavy atom. The summed E-state index contributed by atoms with van der Waals surface area (Å²) in [7, 11) is 0.